The summed E-state index contributed by atoms with van der Waals surface area (Å²) in [5, 5.41) is 0.838. The topological polar surface area (TPSA) is 56.1 Å². The molecule has 0 aliphatic carbocycles. The fourth-order valence-corrected chi connectivity index (χ4v) is 3.81. The van der Waals surface area contributed by atoms with Crippen LogP contribution in [0.25, 0.3) is 10.9 Å². The van der Waals surface area contributed by atoms with E-state index in [1.807, 2.05) is 13.0 Å². The average Bonchev–Trinajstić information content (AvgIpc) is 2.27. The van der Waals surface area contributed by atoms with Crippen LogP contribution in [0.3, 0.4) is 0 Å². The van der Waals surface area contributed by atoms with Crippen molar-refractivity contribution in [1.82, 2.24) is 4.57 Å². The van der Waals surface area contributed by atoms with Crippen molar-refractivity contribution in [3.8, 4) is 0 Å². The number of sulfone groups is 1. The lowest BCUT2D eigenvalue weighted by Crippen LogP contribution is -2.29. The Kier molecular flexibility index (Phi) is 1.98. The Morgan fingerprint density at radius 3 is 2.82 bits per heavy atom. The van der Waals surface area contributed by atoms with Crippen molar-refractivity contribution in [3.05, 3.63) is 40.2 Å². The van der Waals surface area contributed by atoms with Gasteiger partial charge in [-0.05, 0) is 18.6 Å². The quantitative estimate of drug-likeness (QED) is 0.702. The minimum Gasteiger partial charge on any atom is -0.306 e. The van der Waals surface area contributed by atoms with E-state index in [2.05, 4.69) is 0 Å². The number of hydrogen-bond acceptors (Lipinski definition) is 3. The van der Waals surface area contributed by atoms with E-state index in [0.717, 1.165) is 10.9 Å². The Bertz CT molecular complexity index is 787. The van der Waals surface area contributed by atoms with Crippen LogP contribution < -0.4 is 5.56 Å². The highest BCUT2D eigenvalue weighted by atomic mass is 32.2. The van der Waals surface area contributed by atoms with Gasteiger partial charge in [-0.15, -0.1) is 0 Å². The van der Waals surface area contributed by atoms with Gasteiger partial charge in [-0.2, -0.15) is 0 Å². The maximum Gasteiger partial charge on any atom is 0.251 e. The summed E-state index contributed by atoms with van der Waals surface area (Å²) in [5.74, 6) is 0.00206. The van der Waals surface area contributed by atoms with Crippen molar-refractivity contribution in [1.29, 1.82) is 0 Å². The molecule has 0 bridgehead atoms. The normalized spacial score (nSPS) is 17.2. The maximum absolute atomic E-state index is 12.0. The zero-order valence-electron chi connectivity index (χ0n) is 9.30. The van der Waals surface area contributed by atoms with Gasteiger partial charge in [0.15, 0.2) is 9.84 Å². The maximum atomic E-state index is 12.0. The summed E-state index contributed by atoms with van der Waals surface area (Å²) in [4.78, 5) is 12.1. The summed E-state index contributed by atoms with van der Waals surface area (Å²) in [5.41, 5.74) is 1.25. The first-order valence-corrected chi connectivity index (χ1v) is 7.02. The van der Waals surface area contributed by atoms with Gasteiger partial charge in [0, 0.05) is 18.0 Å². The average molecular weight is 249 g/mol. The van der Waals surface area contributed by atoms with Crippen LogP contribution in [-0.4, -0.2) is 18.7 Å². The van der Waals surface area contributed by atoms with Gasteiger partial charge in [0.05, 0.1) is 16.2 Å². The van der Waals surface area contributed by atoms with E-state index < -0.39 is 9.84 Å². The number of aryl methyl sites for hydroxylation is 2. The monoisotopic (exact) mass is 249 g/mol. The van der Waals surface area contributed by atoms with E-state index >= 15 is 0 Å². The van der Waals surface area contributed by atoms with Crippen molar-refractivity contribution in [2.75, 3.05) is 5.75 Å². The van der Waals surface area contributed by atoms with Gasteiger partial charge in [0.2, 0.25) is 0 Å². The first-order valence-electron chi connectivity index (χ1n) is 5.37. The minimum atomic E-state index is -3.24. The lowest BCUT2D eigenvalue weighted by Gasteiger charge is -2.20. The Morgan fingerprint density at radius 2 is 2.06 bits per heavy atom. The molecule has 2 heterocycles. The van der Waals surface area contributed by atoms with Crippen molar-refractivity contribution < 1.29 is 8.42 Å². The van der Waals surface area contributed by atoms with Gasteiger partial charge in [0.1, 0.15) is 0 Å². The summed E-state index contributed by atoms with van der Waals surface area (Å²) >= 11 is 0. The molecular weight excluding hydrogens is 238 g/mol. The molecule has 0 atom stereocenters. The second kappa shape index (κ2) is 3.20. The second-order valence-electron chi connectivity index (χ2n) is 4.29. The Labute approximate surface area is 98.4 Å². The molecule has 17 heavy (non-hydrogen) atoms. The first-order chi connectivity index (χ1) is 8.00. The lowest BCUT2D eigenvalue weighted by atomic mass is 10.1. The summed E-state index contributed by atoms with van der Waals surface area (Å²) in [6.45, 7) is 2.07. The van der Waals surface area contributed by atoms with Gasteiger partial charge >= 0.3 is 0 Å². The number of nitrogens with zero attached hydrogens (tertiary/aromatic N) is 1. The molecule has 0 amide bonds. The molecule has 4 nitrogen and oxygen atoms in total. The molecule has 0 N–H and O–H groups in total. The number of aromatic nitrogens is 1. The lowest BCUT2D eigenvalue weighted by molar-refractivity contribution is 0.582. The second-order valence-corrected chi connectivity index (χ2v) is 6.37. The van der Waals surface area contributed by atoms with Gasteiger partial charge in [-0.25, -0.2) is 8.42 Å². The van der Waals surface area contributed by atoms with E-state index in [-0.39, 0.29) is 22.8 Å². The summed E-state index contributed by atoms with van der Waals surface area (Å²) < 4.78 is 25.5. The van der Waals surface area contributed by atoms with Crippen LogP contribution in [0.5, 0.6) is 0 Å². The van der Waals surface area contributed by atoms with E-state index in [1.165, 1.54) is 0 Å². The van der Waals surface area contributed by atoms with Crippen molar-refractivity contribution in [3.63, 3.8) is 0 Å². The van der Waals surface area contributed by atoms with Crippen LogP contribution in [-0.2, 0) is 16.4 Å². The number of benzene rings is 1. The van der Waals surface area contributed by atoms with Gasteiger partial charge in [-0.3, -0.25) is 4.79 Å². The highest BCUT2D eigenvalue weighted by Crippen LogP contribution is 2.28. The SMILES string of the molecule is Cc1cc(=O)n2c3c(cccc13)S(=O)(=O)CC2. The molecule has 0 fully saturated rings. The molecule has 0 radical (unpaired) electrons. The molecule has 5 heteroatoms. The number of rotatable bonds is 0. The van der Waals surface area contributed by atoms with Crippen molar-refractivity contribution in [2.24, 2.45) is 0 Å². The highest BCUT2D eigenvalue weighted by Gasteiger charge is 2.25. The molecule has 2 aromatic rings. The van der Waals surface area contributed by atoms with Gasteiger partial charge < -0.3 is 4.57 Å². The van der Waals surface area contributed by atoms with Crippen LogP contribution >= 0.6 is 0 Å². The minimum absolute atomic E-state index is 0.00206. The molecule has 88 valence electrons. The molecule has 1 aliphatic rings. The fraction of sp³-hybridized carbons (Fsp3) is 0.250. The number of pyridine rings is 1. The van der Waals surface area contributed by atoms with Crippen molar-refractivity contribution >= 4 is 20.7 Å². The zero-order valence-corrected chi connectivity index (χ0v) is 10.1. The molecular formula is C12H11NO3S. The van der Waals surface area contributed by atoms with Gasteiger partial charge in [-0.1, -0.05) is 12.1 Å². The third-order valence-corrected chi connectivity index (χ3v) is 4.94. The smallest absolute Gasteiger partial charge is 0.251 e. The molecule has 1 aliphatic heterocycles. The molecule has 1 aromatic heterocycles. The van der Waals surface area contributed by atoms with Crippen LogP contribution in [0.4, 0.5) is 0 Å². The predicted octanol–water partition coefficient (Wildman–Crippen LogP) is 1.10. The third-order valence-electron chi connectivity index (χ3n) is 3.22. The zero-order chi connectivity index (χ0) is 12.2. The summed E-state index contributed by atoms with van der Waals surface area (Å²) in [7, 11) is -3.24. The summed E-state index contributed by atoms with van der Waals surface area (Å²) in [6, 6.07) is 6.71. The Balaban J connectivity index is 2.67. The van der Waals surface area contributed by atoms with Crippen LogP contribution in [0.15, 0.2) is 34.0 Å². The van der Waals surface area contributed by atoms with E-state index in [1.54, 1.807) is 22.8 Å². The Hall–Kier alpha value is -1.62. The number of para-hydroxylation sites is 1. The predicted molar refractivity (Wildman–Crippen MR) is 65.0 cm³/mol. The van der Waals surface area contributed by atoms with Gasteiger partial charge in [0.25, 0.3) is 5.56 Å². The Morgan fingerprint density at radius 1 is 1.29 bits per heavy atom. The number of hydrogen-bond donors (Lipinski definition) is 0. The fourth-order valence-electron chi connectivity index (χ4n) is 2.36. The van der Waals surface area contributed by atoms with Crippen LogP contribution in [0, 0.1) is 6.92 Å². The van der Waals surface area contributed by atoms with Crippen LogP contribution in [0.2, 0.25) is 0 Å². The summed E-state index contributed by atoms with van der Waals surface area (Å²) in [6.07, 6.45) is 0. The highest BCUT2D eigenvalue weighted by molar-refractivity contribution is 7.91. The molecule has 0 saturated heterocycles. The standard InChI is InChI=1S/C12H11NO3S/c1-8-7-11(14)13-5-6-17(15,16)10-4-2-3-9(8)12(10)13/h2-4,7H,5-6H2,1H3. The van der Waals surface area contributed by atoms with E-state index in [0.29, 0.717) is 5.52 Å². The molecule has 1 aromatic carbocycles. The largest absolute Gasteiger partial charge is 0.306 e. The molecule has 3 rings (SSSR count). The molecule has 0 saturated carbocycles. The van der Waals surface area contributed by atoms with E-state index in [4.69, 9.17) is 0 Å². The first kappa shape index (κ1) is 10.5. The third kappa shape index (κ3) is 1.35. The van der Waals surface area contributed by atoms with Crippen molar-refractivity contribution in [2.45, 2.75) is 18.4 Å². The molecule has 0 unspecified atom stereocenters. The molecule has 0 spiro atoms. The van der Waals surface area contributed by atoms with Crippen LogP contribution in [0.1, 0.15) is 5.56 Å². The van der Waals surface area contributed by atoms with E-state index in [9.17, 15) is 13.2 Å².